The molecule has 1 atom stereocenters. The molecule has 30 heavy (non-hydrogen) atoms. The number of carbonyl (C=O) groups is 1. The molecule has 3 heterocycles. The van der Waals surface area contributed by atoms with E-state index in [0.717, 1.165) is 11.1 Å². The van der Waals surface area contributed by atoms with Gasteiger partial charge in [0.25, 0.3) is 15.9 Å². The van der Waals surface area contributed by atoms with Crippen molar-refractivity contribution in [1.29, 1.82) is 0 Å². The van der Waals surface area contributed by atoms with Crippen molar-refractivity contribution in [2.45, 2.75) is 18.2 Å². The standard InChI is InChI=1S/C20H24N4O5S/c1-14(29-18-6-4-5-17(9-18)28-3)19(25)23-10-15-12-24(13-16(15)11-23)30(26,27)20-21-7-8-22(20)2/h4-9,14H,10-13H2,1-3H3/t14-/m1/s1. The zero-order valence-corrected chi connectivity index (χ0v) is 17.9. The lowest BCUT2D eigenvalue weighted by atomic mass is 10.2. The van der Waals surface area contributed by atoms with Gasteiger partial charge in [0, 0.05) is 51.7 Å². The van der Waals surface area contributed by atoms with Crippen LogP contribution in [0.3, 0.4) is 0 Å². The highest BCUT2D eigenvalue weighted by molar-refractivity contribution is 7.89. The van der Waals surface area contributed by atoms with Crippen molar-refractivity contribution in [2.24, 2.45) is 7.05 Å². The summed E-state index contributed by atoms with van der Waals surface area (Å²) in [6.45, 7) is 3.08. The van der Waals surface area contributed by atoms with E-state index in [4.69, 9.17) is 9.47 Å². The van der Waals surface area contributed by atoms with E-state index in [1.807, 2.05) is 0 Å². The van der Waals surface area contributed by atoms with E-state index >= 15 is 0 Å². The van der Waals surface area contributed by atoms with Crippen LogP contribution in [0.1, 0.15) is 6.92 Å². The molecular weight excluding hydrogens is 408 g/mol. The summed E-state index contributed by atoms with van der Waals surface area (Å²) in [5.41, 5.74) is 1.93. The van der Waals surface area contributed by atoms with E-state index < -0.39 is 16.1 Å². The number of methoxy groups -OCH3 is 1. The lowest BCUT2D eigenvalue weighted by molar-refractivity contribution is -0.136. The van der Waals surface area contributed by atoms with Crippen LogP contribution >= 0.6 is 0 Å². The Labute approximate surface area is 175 Å². The highest BCUT2D eigenvalue weighted by atomic mass is 32.2. The molecule has 0 N–H and O–H groups in total. The quantitative estimate of drug-likeness (QED) is 0.633. The molecule has 9 nitrogen and oxygen atoms in total. The molecule has 0 saturated carbocycles. The van der Waals surface area contributed by atoms with Gasteiger partial charge in [0.1, 0.15) is 11.5 Å². The number of aromatic nitrogens is 2. The minimum atomic E-state index is -3.67. The van der Waals surface area contributed by atoms with Crippen molar-refractivity contribution in [2.75, 3.05) is 33.3 Å². The van der Waals surface area contributed by atoms with Crippen molar-refractivity contribution in [3.8, 4) is 11.5 Å². The Morgan fingerprint density at radius 1 is 1.13 bits per heavy atom. The summed E-state index contributed by atoms with van der Waals surface area (Å²) in [6, 6.07) is 7.11. The number of ether oxygens (including phenoxy) is 2. The van der Waals surface area contributed by atoms with E-state index in [9.17, 15) is 13.2 Å². The second kappa shape index (κ2) is 7.77. The smallest absolute Gasteiger partial charge is 0.277 e. The summed E-state index contributed by atoms with van der Waals surface area (Å²) < 4.78 is 39.5. The number of sulfonamides is 1. The normalized spacial score (nSPS) is 17.9. The molecule has 2 aliphatic heterocycles. The fourth-order valence-corrected chi connectivity index (χ4v) is 5.27. The number of imidazole rings is 1. The van der Waals surface area contributed by atoms with Gasteiger partial charge in [-0.25, -0.2) is 13.4 Å². The molecule has 1 aromatic heterocycles. The number of aryl methyl sites for hydroxylation is 1. The fourth-order valence-electron chi connectivity index (χ4n) is 3.77. The SMILES string of the molecule is COc1cccc(O[C@H](C)C(=O)N2CC3=C(C2)CN(S(=O)(=O)c2nccn2C)C3)c1. The first-order valence-electron chi connectivity index (χ1n) is 9.56. The maximum atomic E-state index is 12.8. The molecular formula is C20H24N4O5S. The molecule has 160 valence electrons. The van der Waals surface area contributed by atoms with Crippen LogP contribution in [0.2, 0.25) is 0 Å². The molecule has 0 aliphatic carbocycles. The van der Waals surface area contributed by atoms with Crippen LogP contribution < -0.4 is 9.47 Å². The number of amides is 1. The van der Waals surface area contributed by atoms with Crippen LogP contribution in [0, 0.1) is 0 Å². The van der Waals surface area contributed by atoms with Gasteiger partial charge in [-0.3, -0.25) is 4.79 Å². The van der Waals surface area contributed by atoms with E-state index in [1.54, 1.807) is 56.4 Å². The van der Waals surface area contributed by atoms with Crippen LogP contribution in [0.15, 0.2) is 53.0 Å². The van der Waals surface area contributed by atoms with Gasteiger partial charge in [0.15, 0.2) is 6.10 Å². The maximum Gasteiger partial charge on any atom is 0.277 e. The summed E-state index contributed by atoms with van der Waals surface area (Å²) >= 11 is 0. The lowest BCUT2D eigenvalue weighted by Gasteiger charge is -2.25. The van der Waals surface area contributed by atoms with Gasteiger partial charge in [-0.15, -0.1) is 0 Å². The lowest BCUT2D eigenvalue weighted by Crippen LogP contribution is -2.42. The molecule has 2 aromatic rings. The third-order valence-electron chi connectivity index (χ3n) is 5.36. The molecule has 10 heteroatoms. The van der Waals surface area contributed by atoms with E-state index in [-0.39, 0.29) is 24.2 Å². The monoisotopic (exact) mass is 432 g/mol. The molecule has 2 aliphatic rings. The van der Waals surface area contributed by atoms with E-state index in [0.29, 0.717) is 24.6 Å². The van der Waals surface area contributed by atoms with Crippen molar-refractivity contribution < 1.29 is 22.7 Å². The number of rotatable bonds is 6. The van der Waals surface area contributed by atoms with Crippen LogP contribution in [0.25, 0.3) is 0 Å². The summed E-state index contributed by atoms with van der Waals surface area (Å²) in [4.78, 5) is 18.5. The van der Waals surface area contributed by atoms with Crippen LogP contribution in [0.5, 0.6) is 11.5 Å². The van der Waals surface area contributed by atoms with Gasteiger partial charge in [-0.05, 0) is 30.2 Å². The number of hydrogen-bond acceptors (Lipinski definition) is 6. The summed E-state index contributed by atoms with van der Waals surface area (Å²) in [6.07, 6.45) is 2.41. The Hall–Kier alpha value is -2.85. The average Bonchev–Trinajstić information content (AvgIpc) is 3.42. The number of hydrogen-bond donors (Lipinski definition) is 0. The first kappa shape index (κ1) is 20.4. The number of benzene rings is 1. The Morgan fingerprint density at radius 2 is 1.80 bits per heavy atom. The third-order valence-corrected chi connectivity index (χ3v) is 7.15. The largest absolute Gasteiger partial charge is 0.497 e. The summed E-state index contributed by atoms with van der Waals surface area (Å²) in [7, 11) is -0.440. The fraction of sp³-hybridized carbons (Fsp3) is 0.400. The predicted octanol–water partition coefficient (Wildman–Crippen LogP) is 1.04. The molecule has 0 fully saturated rings. The Bertz CT molecular complexity index is 1090. The molecule has 0 unspecified atom stereocenters. The zero-order chi connectivity index (χ0) is 21.5. The topological polar surface area (TPSA) is 94.0 Å². The van der Waals surface area contributed by atoms with Gasteiger partial charge in [0.05, 0.1) is 7.11 Å². The molecule has 0 saturated heterocycles. The Kier molecular flexibility index (Phi) is 5.29. The molecule has 0 bridgehead atoms. The zero-order valence-electron chi connectivity index (χ0n) is 17.1. The van der Waals surface area contributed by atoms with Crippen molar-refractivity contribution >= 4 is 15.9 Å². The predicted molar refractivity (Wildman–Crippen MR) is 109 cm³/mol. The molecule has 0 radical (unpaired) electrons. The minimum absolute atomic E-state index is 0.0249. The Morgan fingerprint density at radius 3 is 2.40 bits per heavy atom. The van der Waals surface area contributed by atoms with Crippen molar-refractivity contribution in [3.63, 3.8) is 0 Å². The van der Waals surface area contributed by atoms with Crippen LogP contribution in [-0.4, -0.2) is 72.5 Å². The van der Waals surface area contributed by atoms with Gasteiger partial charge in [-0.2, -0.15) is 4.31 Å². The average molecular weight is 433 g/mol. The second-order valence-corrected chi connectivity index (χ2v) is 9.27. The van der Waals surface area contributed by atoms with Gasteiger partial charge in [0.2, 0.25) is 5.16 Å². The first-order valence-corrected chi connectivity index (χ1v) is 11.0. The third kappa shape index (κ3) is 3.68. The molecule has 1 aromatic carbocycles. The van der Waals surface area contributed by atoms with Gasteiger partial charge >= 0.3 is 0 Å². The molecule has 4 rings (SSSR count). The minimum Gasteiger partial charge on any atom is -0.497 e. The highest BCUT2D eigenvalue weighted by Gasteiger charge is 2.39. The Balaban J connectivity index is 1.37. The number of nitrogens with zero attached hydrogens (tertiary/aromatic N) is 4. The van der Waals surface area contributed by atoms with Gasteiger partial charge < -0.3 is 18.9 Å². The van der Waals surface area contributed by atoms with E-state index in [2.05, 4.69) is 4.98 Å². The van der Waals surface area contributed by atoms with Crippen molar-refractivity contribution in [3.05, 3.63) is 47.8 Å². The van der Waals surface area contributed by atoms with Crippen LogP contribution in [-0.2, 0) is 21.9 Å². The van der Waals surface area contributed by atoms with E-state index in [1.165, 1.54) is 15.1 Å². The number of carbonyl (C=O) groups excluding carboxylic acids is 1. The summed E-state index contributed by atoms with van der Waals surface area (Å²) in [5.74, 6) is 1.08. The van der Waals surface area contributed by atoms with Crippen molar-refractivity contribution in [1.82, 2.24) is 18.8 Å². The van der Waals surface area contributed by atoms with Gasteiger partial charge in [-0.1, -0.05) is 6.07 Å². The first-order chi connectivity index (χ1) is 14.3. The summed E-state index contributed by atoms with van der Waals surface area (Å²) in [5, 5.41) is 0.0249. The highest BCUT2D eigenvalue weighted by Crippen LogP contribution is 2.30. The maximum absolute atomic E-state index is 12.8. The van der Waals surface area contributed by atoms with Crippen LogP contribution in [0.4, 0.5) is 0 Å². The second-order valence-electron chi connectivity index (χ2n) is 7.43. The molecule has 1 amide bonds. The molecule has 0 spiro atoms.